The van der Waals surface area contributed by atoms with Crippen LogP contribution in [-0.2, 0) is 28.0 Å². The fourth-order valence-corrected chi connectivity index (χ4v) is 3.95. The largest absolute Gasteiger partial charge is 0.370 e. The average molecular weight is 341 g/mol. The van der Waals surface area contributed by atoms with E-state index in [2.05, 4.69) is 22.3 Å². The lowest BCUT2D eigenvalue weighted by atomic mass is 9.79. The van der Waals surface area contributed by atoms with Crippen LogP contribution in [-0.4, -0.2) is 34.6 Å². The van der Waals surface area contributed by atoms with Crippen LogP contribution in [0.15, 0.2) is 28.8 Å². The Bertz CT molecular complexity index is 776. The Morgan fingerprint density at radius 1 is 1.40 bits per heavy atom. The van der Waals surface area contributed by atoms with E-state index in [-0.39, 0.29) is 17.6 Å². The molecule has 0 saturated heterocycles. The lowest BCUT2D eigenvalue weighted by Gasteiger charge is -2.37. The highest BCUT2D eigenvalue weighted by Crippen LogP contribution is 2.43. The lowest BCUT2D eigenvalue weighted by molar-refractivity contribution is -0.131. The standard InChI is InChI=1S/C19H23N3O3/c1-13(23)22-11-8-14-6-3-4-7-15(14)16(22)12-17-20-18(21-25-17)19(24-2)9-5-10-19/h3-4,6-7,16H,5,8-12H2,1-2H3. The number of carbonyl (C=O) groups excluding carboxylic acids is 1. The number of carbonyl (C=O) groups is 1. The molecule has 132 valence electrons. The summed E-state index contributed by atoms with van der Waals surface area (Å²) in [6.07, 6.45) is 4.38. The van der Waals surface area contributed by atoms with Gasteiger partial charge in [0.25, 0.3) is 0 Å². The molecule has 2 aromatic rings. The third kappa shape index (κ3) is 2.74. The number of nitrogens with zero attached hydrogens (tertiary/aromatic N) is 3. The van der Waals surface area contributed by atoms with Crippen molar-refractivity contribution in [3.8, 4) is 0 Å². The molecule has 6 nitrogen and oxygen atoms in total. The topological polar surface area (TPSA) is 68.5 Å². The third-order valence-electron chi connectivity index (χ3n) is 5.61. The van der Waals surface area contributed by atoms with E-state index in [9.17, 15) is 4.79 Å². The van der Waals surface area contributed by atoms with Crippen molar-refractivity contribution >= 4 is 5.91 Å². The predicted molar refractivity (Wildman–Crippen MR) is 90.8 cm³/mol. The SMILES string of the molecule is COC1(c2noc(CC3c4ccccc4CCN3C(C)=O)n2)CCC1. The molecular weight excluding hydrogens is 318 g/mol. The van der Waals surface area contributed by atoms with Crippen molar-refractivity contribution < 1.29 is 14.1 Å². The minimum atomic E-state index is -0.382. The Morgan fingerprint density at radius 3 is 2.88 bits per heavy atom. The quantitative estimate of drug-likeness (QED) is 0.855. The first-order valence-corrected chi connectivity index (χ1v) is 8.86. The smallest absolute Gasteiger partial charge is 0.229 e. The van der Waals surface area contributed by atoms with Gasteiger partial charge in [-0.1, -0.05) is 29.4 Å². The number of benzene rings is 1. The van der Waals surface area contributed by atoms with Gasteiger partial charge in [-0.2, -0.15) is 4.98 Å². The number of rotatable bonds is 4. The summed E-state index contributed by atoms with van der Waals surface area (Å²) < 4.78 is 11.1. The summed E-state index contributed by atoms with van der Waals surface area (Å²) in [4.78, 5) is 18.6. The molecule has 1 fully saturated rings. The maximum atomic E-state index is 12.1. The summed E-state index contributed by atoms with van der Waals surface area (Å²) in [6, 6.07) is 8.23. The van der Waals surface area contributed by atoms with Gasteiger partial charge in [-0.15, -0.1) is 0 Å². The van der Waals surface area contributed by atoms with Crippen molar-refractivity contribution in [2.24, 2.45) is 0 Å². The molecule has 2 aliphatic rings. The number of amides is 1. The maximum Gasteiger partial charge on any atom is 0.229 e. The van der Waals surface area contributed by atoms with Gasteiger partial charge in [-0.25, -0.2) is 0 Å². The second kappa shape index (κ2) is 6.26. The molecule has 1 saturated carbocycles. The summed E-state index contributed by atoms with van der Waals surface area (Å²) in [6.45, 7) is 2.34. The maximum absolute atomic E-state index is 12.1. The van der Waals surface area contributed by atoms with Crippen LogP contribution in [0.4, 0.5) is 0 Å². The average Bonchev–Trinajstić information content (AvgIpc) is 3.03. The summed E-state index contributed by atoms with van der Waals surface area (Å²) in [5.41, 5.74) is 2.08. The third-order valence-corrected chi connectivity index (χ3v) is 5.61. The number of aromatic nitrogens is 2. The molecule has 0 radical (unpaired) electrons. The highest BCUT2D eigenvalue weighted by atomic mass is 16.5. The van der Waals surface area contributed by atoms with Gasteiger partial charge in [0, 0.05) is 20.6 Å². The van der Waals surface area contributed by atoms with E-state index in [1.165, 1.54) is 11.1 Å². The van der Waals surface area contributed by atoms with Gasteiger partial charge >= 0.3 is 0 Å². The first-order valence-electron chi connectivity index (χ1n) is 8.86. The van der Waals surface area contributed by atoms with Gasteiger partial charge in [-0.05, 0) is 36.8 Å². The van der Waals surface area contributed by atoms with E-state index < -0.39 is 0 Å². The van der Waals surface area contributed by atoms with Crippen LogP contribution in [0.3, 0.4) is 0 Å². The normalized spacial score (nSPS) is 21.5. The molecule has 4 rings (SSSR count). The fourth-order valence-electron chi connectivity index (χ4n) is 3.95. The molecule has 6 heteroatoms. The van der Waals surface area contributed by atoms with E-state index in [1.54, 1.807) is 14.0 Å². The van der Waals surface area contributed by atoms with Crippen LogP contribution in [0, 0.1) is 0 Å². The van der Waals surface area contributed by atoms with Crippen molar-refractivity contribution in [2.75, 3.05) is 13.7 Å². The first kappa shape index (κ1) is 16.3. The summed E-state index contributed by atoms with van der Waals surface area (Å²) in [5, 5.41) is 4.16. The highest BCUT2D eigenvalue weighted by Gasteiger charge is 2.43. The van der Waals surface area contributed by atoms with Gasteiger partial charge in [-0.3, -0.25) is 4.79 Å². The first-order chi connectivity index (χ1) is 12.1. The fraction of sp³-hybridized carbons (Fsp3) is 0.526. The molecule has 1 aromatic carbocycles. The second-order valence-corrected chi connectivity index (χ2v) is 6.94. The Kier molecular flexibility index (Phi) is 4.07. The van der Waals surface area contributed by atoms with Crippen molar-refractivity contribution in [3.63, 3.8) is 0 Å². The van der Waals surface area contributed by atoms with Crippen LogP contribution in [0.5, 0.6) is 0 Å². The van der Waals surface area contributed by atoms with Gasteiger partial charge in [0.15, 0.2) is 0 Å². The van der Waals surface area contributed by atoms with E-state index >= 15 is 0 Å². The van der Waals surface area contributed by atoms with Crippen LogP contribution < -0.4 is 0 Å². The van der Waals surface area contributed by atoms with Crippen LogP contribution in [0.1, 0.15) is 55.1 Å². The lowest BCUT2D eigenvalue weighted by Crippen LogP contribution is -2.40. The van der Waals surface area contributed by atoms with E-state index in [0.29, 0.717) is 18.1 Å². The molecule has 0 N–H and O–H groups in total. The molecule has 1 aliphatic carbocycles. The van der Waals surface area contributed by atoms with Crippen molar-refractivity contribution in [2.45, 2.75) is 50.7 Å². The summed E-state index contributed by atoms with van der Waals surface area (Å²) >= 11 is 0. The minimum Gasteiger partial charge on any atom is -0.370 e. The molecule has 1 amide bonds. The molecular formula is C19H23N3O3. The zero-order valence-electron chi connectivity index (χ0n) is 14.7. The van der Waals surface area contributed by atoms with Crippen LogP contribution >= 0.6 is 0 Å². The monoisotopic (exact) mass is 341 g/mol. The van der Waals surface area contributed by atoms with E-state index in [1.807, 2.05) is 17.0 Å². The molecule has 0 bridgehead atoms. The van der Waals surface area contributed by atoms with Crippen molar-refractivity contribution in [1.82, 2.24) is 15.0 Å². The molecule has 2 heterocycles. The van der Waals surface area contributed by atoms with E-state index in [0.717, 1.165) is 32.2 Å². The van der Waals surface area contributed by atoms with Gasteiger partial charge in [0.05, 0.1) is 12.5 Å². The summed E-state index contributed by atoms with van der Waals surface area (Å²) in [7, 11) is 1.70. The predicted octanol–water partition coefficient (Wildman–Crippen LogP) is 2.78. The number of methoxy groups -OCH3 is 1. The molecule has 0 spiro atoms. The number of ether oxygens (including phenoxy) is 1. The van der Waals surface area contributed by atoms with Crippen LogP contribution in [0.2, 0.25) is 0 Å². The molecule has 25 heavy (non-hydrogen) atoms. The van der Waals surface area contributed by atoms with Crippen molar-refractivity contribution in [1.29, 1.82) is 0 Å². The number of hydrogen-bond donors (Lipinski definition) is 0. The molecule has 1 unspecified atom stereocenters. The van der Waals surface area contributed by atoms with Crippen molar-refractivity contribution in [3.05, 3.63) is 47.1 Å². The number of hydrogen-bond acceptors (Lipinski definition) is 5. The zero-order chi connectivity index (χ0) is 17.4. The second-order valence-electron chi connectivity index (χ2n) is 6.94. The van der Waals surface area contributed by atoms with Gasteiger partial charge < -0.3 is 14.2 Å². The zero-order valence-corrected chi connectivity index (χ0v) is 14.7. The van der Waals surface area contributed by atoms with Crippen LogP contribution in [0.25, 0.3) is 0 Å². The Morgan fingerprint density at radius 2 is 2.20 bits per heavy atom. The highest BCUT2D eigenvalue weighted by molar-refractivity contribution is 5.74. The molecule has 1 aliphatic heterocycles. The Hall–Kier alpha value is -2.21. The molecule has 1 atom stereocenters. The Labute approximate surface area is 147 Å². The van der Waals surface area contributed by atoms with Gasteiger partial charge in [0.1, 0.15) is 5.60 Å². The van der Waals surface area contributed by atoms with E-state index in [4.69, 9.17) is 9.26 Å². The Balaban J connectivity index is 1.62. The minimum absolute atomic E-state index is 0.0596. The van der Waals surface area contributed by atoms with Gasteiger partial charge in [0.2, 0.25) is 17.6 Å². The number of fused-ring (bicyclic) bond motifs is 1. The molecule has 1 aromatic heterocycles. The summed E-state index contributed by atoms with van der Waals surface area (Å²) in [5.74, 6) is 1.27.